The van der Waals surface area contributed by atoms with Gasteiger partial charge < -0.3 is 9.47 Å². The number of hydrogen-bond donors (Lipinski definition) is 0. The summed E-state index contributed by atoms with van der Waals surface area (Å²) < 4.78 is 11.0. The van der Waals surface area contributed by atoms with Gasteiger partial charge in [-0.1, -0.05) is 52.3 Å². The fourth-order valence-electron chi connectivity index (χ4n) is 2.89. The molecule has 0 unspecified atom stereocenters. The van der Waals surface area contributed by atoms with Gasteiger partial charge in [-0.2, -0.15) is 0 Å². The molecular formula is C17H15BrO2. The first-order valence-corrected chi connectivity index (χ1v) is 7.76. The van der Waals surface area contributed by atoms with Gasteiger partial charge in [-0.15, -0.1) is 0 Å². The highest BCUT2D eigenvalue weighted by Crippen LogP contribution is 2.35. The molecule has 0 bridgehead atoms. The van der Waals surface area contributed by atoms with Gasteiger partial charge in [0.15, 0.2) is 0 Å². The zero-order chi connectivity index (χ0) is 13.5. The lowest BCUT2D eigenvalue weighted by molar-refractivity contribution is 0.134. The van der Waals surface area contributed by atoms with E-state index in [0.29, 0.717) is 0 Å². The van der Waals surface area contributed by atoms with Crippen molar-refractivity contribution in [3.05, 3.63) is 69.8 Å². The van der Waals surface area contributed by atoms with Gasteiger partial charge in [0, 0.05) is 0 Å². The molecular weight excluding hydrogens is 316 g/mol. The predicted octanol–water partition coefficient (Wildman–Crippen LogP) is 4.23. The van der Waals surface area contributed by atoms with E-state index in [1.54, 1.807) is 0 Å². The van der Waals surface area contributed by atoms with Crippen molar-refractivity contribution in [2.75, 3.05) is 0 Å². The van der Waals surface area contributed by atoms with Gasteiger partial charge in [0.2, 0.25) is 0 Å². The van der Waals surface area contributed by atoms with Crippen molar-refractivity contribution < 1.29 is 9.47 Å². The molecule has 0 spiro atoms. The molecule has 0 amide bonds. The number of alkyl halides is 1. The zero-order valence-corrected chi connectivity index (χ0v) is 12.7. The van der Waals surface area contributed by atoms with Gasteiger partial charge in [-0.25, -0.2) is 0 Å². The average molecular weight is 331 g/mol. The maximum atomic E-state index is 5.48. The Balaban J connectivity index is 1.68. The minimum absolute atomic E-state index is 0.222. The van der Waals surface area contributed by atoms with Crippen molar-refractivity contribution in [3.63, 3.8) is 0 Å². The van der Waals surface area contributed by atoms with Crippen LogP contribution in [0, 0.1) is 0 Å². The Morgan fingerprint density at radius 2 is 1.15 bits per heavy atom. The number of halogens is 1. The van der Waals surface area contributed by atoms with E-state index in [2.05, 4.69) is 52.3 Å². The van der Waals surface area contributed by atoms with Crippen LogP contribution in [0.2, 0.25) is 0 Å². The van der Waals surface area contributed by atoms with E-state index in [-0.39, 0.29) is 4.83 Å². The Bertz CT molecular complexity index is 609. The topological polar surface area (TPSA) is 18.5 Å². The highest BCUT2D eigenvalue weighted by atomic mass is 79.9. The maximum absolute atomic E-state index is 5.48. The van der Waals surface area contributed by atoms with E-state index in [1.807, 2.05) is 0 Å². The predicted molar refractivity (Wildman–Crippen MR) is 80.6 cm³/mol. The number of hydrogen-bond acceptors (Lipinski definition) is 2. The van der Waals surface area contributed by atoms with E-state index < -0.39 is 0 Å². The van der Waals surface area contributed by atoms with Gasteiger partial charge in [-0.3, -0.25) is 0 Å². The van der Waals surface area contributed by atoms with Crippen molar-refractivity contribution in [2.45, 2.75) is 31.3 Å². The van der Waals surface area contributed by atoms with Gasteiger partial charge in [-0.05, 0) is 33.4 Å². The summed E-state index contributed by atoms with van der Waals surface area (Å²) in [6.45, 7) is 2.97. The highest BCUT2D eigenvalue weighted by Gasteiger charge is 2.18. The summed E-state index contributed by atoms with van der Waals surface area (Å²) >= 11 is 3.83. The molecule has 4 rings (SSSR count). The molecule has 2 aliphatic heterocycles. The minimum atomic E-state index is 0.222. The Labute approximate surface area is 126 Å². The smallest absolute Gasteiger partial charge is 0.0725 e. The van der Waals surface area contributed by atoms with E-state index in [0.717, 1.165) is 26.4 Å². The van der Waals surface area contributed by atoms with Crippen LogP contribution in [-0.2, 0) is 35.9 Å². The average Bonchev–Trinajstić information content (AvgIpc) is 3.13. The van der Waals surface area contributed by atoms with Crippen molar-refractivity contribution in [2.24, 2.45) is 0 Å². The molecule has 0 saturated heterocycles. The van der Waals surface area contributed by atoms with Crippen LogP contribution in [0.15, 0.2) is 36.4 Å². The monoisotopic (exact) mass is 330 g/mol. The molecule has 102 valence electrons. The lowest BCUT2D eigenvalue weighted by atomic mass is 9.98. The van der Waals surface area contributed by atoms with Crippen LogP contribution in [0.5, 0.6) is 0 Å². The summed E-state index contributed by atoms with van der Waals surface area (Å²) in [5.74, 6) is 0. The van der Waals surface area contributed by atoms with Crippen molar-refractivity contribution >= 4 is 15.9 Å². The van der Waals surface area contributed by atoms with Crippen LogP contribution in [-0.4, -0.2) is 0 Å². The first-order chi connectivity index (χ1) is 9.81. The second kappa shape index (κ2) is 4.99. The van der Waals surface area contributed by atoms with Gasteiger partial charge in [0.05, 0.1) is 31.3 Å². The number of benzene rings is 2. The molecule has 2 nitrogen and oxygen atoms in total. The molecule has 0 radical (unpaired) electrons. The normalized spacial score (nSPS) is 16.5. The van der Waals surface area contributed by atoms with E-state index in [4.69, 9.17) is 9.47 Å². The molecule has 3 heteroatoms. The lowest BCUT2D eigenvalue weighted by Gasteiger charge is -2.13. The summed E-state index contributed by atoms with van der Waals surface area (Å²) in [6.07, 6.45) is 0. The quantitative estimate of drug-likeness (QED) is 0.767. The van der Waals surface area contributed by atoms with Crippen LogP contribution in [0.25, 0.3) is 0 Å². The Morgan fingerprint density at radius 3 is 1.65 bits per heavy atom. The summed E-state index contributed by atoms with van der Waals surface area (Å²) in [4.78, 5) is 0.222. The van der Waals surface area contributed by atoms with Crippen LogP contribution in [0.4, 0.5) is 0 Å². The second-order valence-corrected chi connectivity index (χ2v) is 6.32. The Kier molecular flexibility index (Phi) is 3.14. The molecule has 0 aromatic heterocycles. The lowest BCUT2D eigenvalue weighted by Crippen LogP contribution is -1.96. The van der Waals surface area contributed by atoms with Gasteiger partial charge in [0.25, 0.3) is 0 Å². The molecule has 2 aromatic carbocycles. The van der Waals surface area contributed by atoms with Crippen LogP contribution in [0.3, 0.4) is 0 Å². The SMILES string of the molecule is BrC(c1ccc2c(c1)COC2)c1ccc2c(c1)COC2. The molecule has 0 saturated carbocycles. The van der Waals surface area contributed by atoms with Gasteiger partial charge >= 0.3 is 0 Å². The summed E-state index contributed by atoms with van der Waals surface area (Å²) in [5, 5.41) is 0. The molecule has 20 heavy (non-hydrogen) atoms. The number of rotatable bonds is 2. The first kappa shape index (κ1) is 12.6. The maximum Gasteiger partial charge on any atom is 0.0725 e. The van der Waals surface area contributed by atoms with Crippen molar-refractivity contribution in [1.82, 2.24) is 0 Å². The molecule has 0 N–H and O–H groups in total. The Hall–Kier alpha value is -1.16. The molecule has 0 atom stereocenters. The second-order valence-electron chi connectivity index (χ2n) is 5.40. The number of ether oxygens (including phenoxy) is 2. The van der Waals surface area contributed by atoms with E-state index >= 15 is 0 Å². The summed E-state index contributed by atoms with van der Waals surface area (Å²) in [7, 11) is 0. The standard InChI is InChI=1S/C17H15BrO2/c18-17(11-1-3-13-7-19-9-15(13)5-11)12-2-4-14-8-20-10-16(14)6-12/h1-6,17H,7-10H2. The molecule has 2 aliphatic rings. The van der Waals surface area contributed by atoms with E-state index in [1.165, 1.54) is 33.4 Å². The van der Waals surface area contributed by atoms with Crippen LogP contribution in [0.1, 0.15) is 38.2 Å². The fourth-order valence-corrected chi connectivity index (χ4v) is 3.46. The third-order valence-electron chi connectivity index (χ3n) is 4.08. The number of fused-ring (bicyclic) bond motifs is 2. The van der Waals surface area contributed by atoms with Crippen LogP contribution < -0.4 is 0 Å². The summed E-state index contributed by atoms with van der Waals surface area (Å²) in [6, 6.07) is 13.3. The van der Waals surface area contributed by atoms with Gasteiger partial charge in [0.1, 0.15) is 0 Å². The molecule has 0 aliphatic carbocycles. The van der Waals surface area contributed by atoms with Crippen molar-refractivity contribution in [1.29, 1.82) is 0 Å². The highest BCUT2D eigenvalue weighted by molar-refractivity contribution is 9.09. The largest absolute Gasteiger partial charge is 0.372 e. The van der Waals surface area contributed by atoms with Crippen LogP contribution >= 0.6 is 15.9 Å². The molecule has 2 heterocycles. The molecule has 0 fully saturated rings. The fraction of sp³-hybridized carbons (Fsp3) is 0.294. The summed E-state index contributed by atoms with van der Waals surface area (Å²) in [5.41, 5.74) is 7.83. The third kappa shape index (κ3) is 2.10. The van der Waals surface area contributed by atoms with E-state index in [9.17, 15) is 0 Å². The minimum Gasteiger partial charge on any atom is -0.372 e. The Morgan fingerprint density at radius 1 is 0.700 bits per heavy atom. The third-order valence-corrected chi connectivity index (χ3v) is 5.13. The van der Waals surface area contributed by atoms with Crippen molar-refractivity contribution in [3.8, 4) is 0 Å². The molecule has 2 aromatic rings. The zero-order valence-electron chi connectivity index (χ0n) is 11.1. The first-order valence-electron chi connectivity index (χ1n) is 6.84.